The first kappa shape index (κ1) is 14.7. The molecule has 2 aliphatic rings. The quantitative estimate of drug-likeness (QED) is 0.909. The minimum Gasteiger partial charge on any atom is -0.344 e. The van der Waals surface area contributed by atoms with E-state index in [4.69, 9.17) is 0 Å². The molecular formula is C18H24N4O. The number of rotatable bonds is 3. The van der Waals surface area contributed by atoms with Gasteiger partial charge in [-0.1, -0.05) is 6.07 Å². The zero-order valence-corrected chi connectivity index (χ0v) is 14.0. The number of fused-ring (bicyclic) bond motifs is 3. The number of piperidine rings is 2. The summed E-state index contributed by atoms with van der Waals surface area (Å²) in [5.74, 6) is 2.24. The first-order valence-electron chi connectivity index (χ1n) is 8.43. The van der Waals surface area contributed by atoms with E-state index in [1.165, 1.54) is 12.0 Å². The van der Waals surface area contributed by atoms with Gasteiger partial charge in [-0.15, -0.1) is 0 Å². The lowest BCUT2D eigenvalue weighted by Gasteiger charge is -2.49. The summed E-state index contributed by atoms with van der Waals surface area (Å²) in [5.41, 5.74) is 1.79. The Labute approximate surface area is 136 Å². The molecule has 1 saturated carbocycles. The average molecular weight is 312 g/mol. The molecule has 0 aromatic carbocycles. The molecule has 2 bridgehead atoms. The molecule has 2 aromatic heterocycles. The molecule has 2 fully saturated rings. The maximum absolute atomic E-state index is 12.8. The van der Waals surface area contributed by atoms with E-state index in [0.717, 1.165) is 24.4 Å². The van der Waals surface area contributed by atoms with Crippen LogP contribution in [0.25, 0.3) is 5.52 Å². The van der Waals surface area contributed by atoms with E-state index in [1.54, 1.807) is 0 Å². The lowest BCUT2D eigenvalue weighted by atomic mass is 9.61. The molecule has 2 aromatic rings. The third kappa shape index (κ3) is 2.26. The Morgan fingerprint density at radius 2 is 2.13 bits per heavy atom. The minimum absolute atomic E-state index is 0.170. The van der Waals surface area contributed by atoms with Gasteiger partial charge < -0.3 is 15.0 Å². The first-order chi connectivity index (χ1) is 11.0. The summed E-state index contributed by atoms with van der Waals surface area (Å²) in [7, 11) is 0. The number of imidazole rings is 1. The SMILES string of the molecule is Cc1cccn2c(C(C)(C)NC(=O)C3[C@@H]4CNC[C@H]3C4)ncc12. The van der Waals surface area contributed by atoms with Gasteiger partial charge >= 0.3 is 0 Å². The number of nitrogens with zero attached hydrogens (tertiary/aromatic N) is 2. The van der Waals surface area contributed by atoms with Crippen LogP contribution in [-0.2, 0) is 10.3 Å². The summed E-state index contributed by atoms with van der Waals surface area (Å²) < 4.78 is 2.08. The van der Waals surface area contributed by atoms with Crippen LogP contribution in [0.3, 0.4) is 0 Å². The zero-order chi connectivity index (χ0) is 16.2. The lowest BCUT2D eigenvalue weighted by Crippen LogP contribution is -2.60. The molecule has 5 nitrogen and oxygen atoms in total. The third-order valence-electron chi connectivity index (χ3n) is 5.51. The van der Waals surface area contributed by atoms with Crippen LogP contribution in [0.15, 0.2) is 24.5 Å². The number of aromatic nitrogens is 2. The maximum atomic E-state index is 12.8. The number of aryl methyl sites for hydroxylation is 1. The van der Waals surface area contributed by atoms with E-state index >= 15 is 0 Å². The average Bonchev–Trinajstić information content (AvgIpc) is 2.93. The zero-order valence-electron chi connectivity index (χ0n) is 14.0. The molecule has 4 rings (SSSR count). The third-order valence-corrected chi connectivity index (χ3v) is 5.51. The van der Waals surface area contributed by atoms with E-state index < -0.39 is 5.54 Å². The van der Waals surface area contributed by atoms with Crippen molar-refractivity contribution in [1.82, 2.24) is 20.0 Å². The monoisotopic (exact) mass is 312 g/mol. The van der Waals surface area contributed by atoms with Crippen LogP contribution < -0.4 is 10.6 Å². The van der Waals surface area contributed by atoms with Crippen molar-refractivity contribution in [3.8, 4) is 0 Å². The highest BCUT2D eigenvalue weighted by Crippen LogP contribution is 2.43. The lowest BCUT2D eigenvalue weighted by molar-refractivity contribution is -0.138. The van der Waals surface area contributed by atoms with E-state index in [2.05, 4.69) is 33.0 Å². The number of hydrogen-bond donors (Lipinski definition) is 2. The van der Waals surface area contributed by atoms with Crippen LogP contribution in [0.2, 0.25) is 0 Å². The van der Waals surface area contributed by atoms with Crippen LogP contribution in [0, 0.1) is 24.7 Å². The van der Waals surface area contributed by atoms with Gasteiger partial charge in [0.05, 0.1) is 17.3 Å². The molecule has 1 saturated heterocycles. The number of amides is 1. The normalized spacial score (nSPS) is 26.8. The summed E-state index contributed by atoms with van der Waals surface area (Å²) in [6, 6.07) is 4.10. The van der Waals surface area contributed by atoms with Crippen molar-refractivity contribution >= 4 is 11.4 Å². The fourth-order valence-corrected chi connectivity index (χ4v) is 4.25. The number of carbonyl (C=O) groups is 1. The smallest absolute Gasteiger partial charge is 0.224 e. The number of pyridine rings is 1. The van der Waals surface area contributed by atoms with Crippen LogP contribution in [0.1, 0.15) is 31.7 Å². The van der Waals surface area contributed by atoms with Gasteiger partial charge in [-0.25, -0.2) is 4.98 Å². The van der Waals surface area contributed by atoms with Crippen molar-refractivity contribution < 1.29 is 4.79 Å². The molecule has 5 heteroatoms. The Bertz CT molecular complexity index is 749. The second-order valence-corrected chi connectivity index (χ2v) is 7.58. The molecular weight excluding hydrogens is 288 g/mol. The molecule has 1 unspecified atom stereocenters. The van der Waals surface area contributed by atoms with Gasteiger partial charge in [-0.05, 0) is 63.7 Å². The Balaban J connectivity index is 1.59. The van der Waals surface area contributed by atoms with E-state index in [0.29, 0.717) is 11.8 Å². The van der Waals surface area contributed by atoms with Gasteiger partial charge in [-0.3, -0.25) is 4.79 Å². The van der Waals surface area contributed by atoms with Crippen LogP contribution in [0.4, 0.5) is 0 Å². The van der Waals surface area contributed by atoms with E-state index in [-0.39, 0.29) is 11.8 Å². The molecule has 1 aliphatic carbocycles. The summed E-state index contributed by atoms with van der Waals surface area (Å²) in [4.78, 5) is 17.4. The predicted octanol–water partition coefficient (Wildman–Crippen LogP) is 1.85. The van der Waals surface area contributed by atoms with Crippen LogP contribution in [-0.4, -0.2) is 28.4 Å². The van der Waals surface area contributed by atoms with E-state index in [1.807, 2.05) is 32.3 Å². The molecule has 0 spiro atoms. The van der Waals surface area contributed by atoms with Gasteiger partial charge in [0.2, 0.25) is 5.91 Å². The second-order valence-electron chi connectivity index (χ2n) is 7.58. The Morgan fingerprint density at radius 3 is 2.83 bits per heavy atom. The summed E-state index contributed by atoms with van der Waals surface area (Å²) in [5, 5.41) is 6.64. The van der Waals surface area contributed by atoms with Gasteiger partial charge in [0.25, 0.3) is 0 Å². The highest BCUT2D eigenvalue weighted by Gasteiger charge is 2.48. The Morgan fingerprint density at radius 1 is 1.39 bits per heavy atom. The fraction of sp³-hybridized carbons (Fsp3) is 0.556. The topological polar surface area (TPSA) is 58.4 Å². The molecule has 23 heavy (non-hydrogen) atoms. The molecule has 3 atom stereocenters. The van der Waals surface area contributed by atoms with Gasteiger partial charge in [-0.2, -0.15) is 0 Å². The highest BCUT2D eigenvalue weighted by atomic mass is 16.2. The number of carbonyl (C=O) groups excluding carboxylic acids is 1. The Hall–Kier alpha value is -1.88. The van der Waals surface area contributed by atoms with Crippen molar-refractivity contribution in [2.75, 3.05) is 13.1 Å². The minimum atomic E-state index is -0.491. The van der Waals surface area contributed by atoms with Crippen LogP contribution in [0.5, 0.6) is 0 Å². The van der Waals surface area contributed by atoms with Crippen molar-refractivity contribution in [2.45, 2.75) is 32.7 Å². The van der Waals surface area contributed by atoms with Gasteiger partial charge in [0, 0.05) is 12.1 Å². The number of hydrogen-bond acceptors (Lipinski definition) is 3. The highest BCUT2D eigenvalue weighted by molar-refractivity contribution is 5.81. The van der Waals surface area contributed by atoms with Gasteiger partial charge in [0.15, 0.2) is 0 Å². The summed E-state index contributed by atoms with van der Waals surface area (Å²) >= 11 is 0. The largest absolute Gasteiger partial charge is 0.344 e. The second kappa shape index (κ2) is 5.06. The maximum Gasteiger partial charge on any atom is 0.224 e. The van der Waals surface area contributed by atoms with Crippen molar-refractivity contribution in [1.29, 1.82) is 0 Å². The number of nitrogens with one attached hydrogen (secondary N) is 2. The van der Waals surface area contributed by atoms with E-state index in [9.17, 15) is 4.79 Å². The predicted molar refractivity (Wildman–Crippen MR) is 89.1 cm³/mol. The molecule has 0 radical (unpaired) electrons. The van der Waals surface area contributed by atoms with Gasteiger partial charge in [0.1, 0.15) is 5.82 Å². The standard InChI is InChI=1S/C18H24N4O/c1-11-5-4-6-22-14(11)10-20-17(22)18(2,3)21-16(23)15-12-7-13(15)9-19-8-12/h4-6,10,12-13,15,19H,7-9H2,1-3H3,(H,21,23)/t12-,13+,15?. The molecule has 2 N–H and O–H groups in total. The molecule has 3 heterocycles. The summed E-state index contributed by atoms with van der Waals surface area (Å²) in [6.07, 6.45) is 5.10. The van der Waals surface area contributed by atoms with Crippen molar-refractivity contribution in [3.05, 3.63) is 35.9 Å². The van der Waals surface area contributed by atoms with Crippen molar-refractivity contribution in [2.24, 2.45) is 17.8 Å². The first-order valence-corrected chi connectivity index (χ1v) is 8.43. The fourth-order valence-electron chi connectivity index (χ4n) is 4.25. The van der Waals surface area contributed by atoms with Crippen molar-refractivity contribution in [3.63, 3.8) is 0 Å². The van der Waals surface area contributed by atoms with Crippen LogP contribution >= 0.6 is 0 Å². The molecule has 122 valence electrons. The Kier molecular flexibility index (Phi) is 3.23. The summed E-state index contributed by atoms with van der Waals surface area (Å²) in [6.45, 7) is 8.10. The molecule has 1 amide bonds. The molecule has 1 aliphatic heterocycles.